The van der Waals surface area contributed by atoms with E-state index in [-0.39, 0.29) is 24.8 Å². The van der Waals surface area contributed by atoms with Gasteiger partial charge in [-0.1, -0.05) is 45.9 Å². The monoisotopic (exact) mass is 502 g/mol. The second-order valence-electron chi connectivity index (χ2n) is 10.8. The molecule has 1 aliphatic rings. The molecule has 1 saturated heterocycles. The van der Waals surface area contributed by atoms with Crippen molar-refractivity contribution in [2.45, 2.75) is 66.5 Å². The highest BCUT2D eigenvalue weighted by Crippen LogP contribution is 2.26. The van der Waals surface area contributed by atoms with Gasteiger partial charge in [-0.05, 0) is 51.2 Å². The maximum Gasteiger partial charge on any atom is 0.343 e. The summed E-state index contributed by atoms with van der Waals surface area (Å²) >= 11 is 0. The Kier molecular flexibility index (Phi) is 9.61. The highest BCUT2D eigenvalue weighted by Gasteiger charge is 2.44. The predicted molar refractivity (Wildman–Crippen MR) is 133 cm³/mol. The molecule has 1 aliphatic heterocycles. The molecule has 10 nitrogen and oxygen atoms in total. The molecule has 10 heteroatoms. The summed E-state index contributed by atoms with van der Waals surface area (Å²) in [6.45, 7) is 12.3. The minimum Gasteiger partial charge on any atom is -0.460 e. The number of hydrogen-bond donors (Lipinski definition) is 3. The molecular weight excluding hydrogens is 464 g/mol. The zero-order valence-electron chi connectivity index (χ0n) is 22.1. The molecule has 1 heterocycles. The number of urea groups is 1. The van der Waals surface area contributed by atoms with Gasteiger partial charge in [0, 0.05) is 12.1 Å². The molecule has 0 unspecified atom stereocenters. The molecule has 0 bridgehead atoms. The molecule has 0 spiro atoms. The molecule has 3 atom stereocenters. The second-order valence-corrected chi connectivity index (χ2v) is 10.8. The van der Waals surface area contributed by atoms with Crippen LogP contribution in [0, 0.1) is 23.7 Å². The van der Waals surface area contributed by atoms with E-state index in [0.29, 0.717) is 5.56 Å². The first-order valence-corrected chi connectivity index (χ1v) is 12.2. The summed E-state index contributed by atoms with van der Waals surface area (Å²) in [5.41, 5.74) is 2.15. The summed E-state index contributed by atoms with van der Waals surface area (Å²) in [6, 6.07) is 6.91. The fourth-order valence-electron chi connectivity index (χ4n) is 4.03. The van der Waals surface area contributed by atoms with Crippen LogP contribution in [0.25, 0.3) is 0 Å². The molecular formula is C26H38N4O6. The van der Waals surface area contributed by atoms with Gasteiger partial charge in [0.05, 0.1) is 11.8 Å². The van der Waals surface area contributed by atoms with Crippen molar-refractivity contribution in [1.29, 1.82) is 0 Å². The van der Waals surface area contributed by atoms with Crippen LogP contribution in [0.3, 0.4) is 0 Å². The number of hydrogen-bond acceptors (Lipinski definition) is 6. The van der Waals surface area contributed by atoms with Crippen molar-refractivity contribution in [3.8, 4) is 0 Å². The van der Waals surface area contributed by atoms with Gasteiger partial charge in [-0.2, -0.15) is 0 Å². The Morgan fingerprint density at radius 3 is 2.17 bits per heavy atom. The number of benzene rings is 1. The predicted octanol–water partition coefficient (Wildman–Crippen LogP) is 2.64. The minimum atomic E-state index is -1.03. The molecule has 0 aliphatic carbocycles. The Balaban J connectivity index is 2.33. The van der Waals surface area contributed by atoms with Gasteiger partial charge in [-0.25, -0.2) is 9.80 Å². The number of nitrogens with zero attached hydrogens (tertiary/aromatic N) is 1. The fraction of sp³-hybridized carbons (Fsp3) is 0.577. The van der Waals surface area contributed by atoms with Crippen molar-refractivity contribution in [3.63, 3.8) is 0 Å². The van der Waals surface area contributed by atoms with E-state index in [1.807, 2.05) is 13.8 Å². The lowest BCUT2D eigenvalue weighted by atomic mass is 9.84. The van der Waals surface area contributed by atoms with Gasteiger partial charge in [0.25, 0.3) is 11.8 Å². The minimum absolute atomic E-state index is 0.00504. The Labute approximate surface area is 212 Å². The van der Waals surface area contributed by atoms with Gasteiger partial charge in [0.2, 0.25) is 5.91 Å². The van der Waals surface area contributed by atoms with E-state index in [1.165, 1.54) is 0 Å². The van der Waals surface area contributed by atoms with Crippen LogP contribution in [0.1, 0.15) is 65.2 Å². The highest BCUT2D eigenvalue weighted by atomic mass is 16.6. The maximum atomic E-state index is 13.5. The third-order valence-electron chi connectivity index (χ3n) is 5.63. The first-order valence-electron chi connectivity index (χ1n) is 12.2. The van der Waals surface area contributed by atoms with Crippen molar-refractivity contribution < 1.29 is 28.7 Å². The zero-order chi connectivity index (χ0) is 27.2. The van der Waals surface area contributed by atoms with Crippen molar-refractivity contribution in [2.24, 2.45) is 23.7 Å². The quantitative estimate of drug-likeness (QED) is 0.333. The van der Waals surface area contributed by atoms with E-state index in [9.17, 15) is 24.0 Å². The number of carbonyl (C=O) groups is 5. The van der Waals surface area contributed by atoms with Crippen molar-refractivity contribution in [3.05, 3.63) is 35.9 Å². The largest absolute Gasteiger partial charge is 0.460 e. The number of hydrazine groups is 1. The molecule has 0 aromatic heterocycles. The molecule has 2 rings (SSSR count). The standard InChI is InChI=1S/C26H38N4O6/c1-15(2)13-18(22(32)29-30-20(16(3)4)23(33)28-25(30)35)19(24(34)36-26(5,6)7)14-27-21(31)17-11-9-8-10-12-17/h8-12,15-16,18-20H,13-14H2,1-7H3,(H,27,31)(H,29,32)(H,28,33,35)/t18-,19+,20+/m1/s1. The first kappa shape index (κ1) is 28.8. The lowest BCUT2D eigenvalue weighted by Gasteiger charge is -2.32. The summed E-state index contributed by atoms with van der Waals surface area (Å²) in [7, 11) is 0. The van der Waals surface area contributed by atoms with Crippen LogP contribution in [0.15, 0.2) is 30.3 Å². The molecule has 5 amide bonds. The van der Waals surface area contributed by atoms with Crippen molar-refractivity contribution >= 4 is 29.7 Å². The number of esters is 1. The Hall–Kier alpha value is -3.43. The number of ether oxygens (including phenoxy) is 1. The van der Waals surface area contributed by atoms with Crippen LogP contribution in [-0.2, 0) is 19.1 Å². The average molecular weight is 503 g/mol. The third kappa shape index (κ3) is 7.79. The first-order chi connectivity index (χ1) is 16.7. The summed E-state index contributed by atoms with van der Waals surface area (Å²) in [5, 5.41) is 5.94. The Bertz CT molecular complexity index is 970. The topological polar surface area (TPSA) is 134 Å². The maximum absolute atomic E-state index is 13.5. The fourth-order valence-corrected chi connectivity index (χ4v) is 4.03. The summed E-state index contributed by atoms with van der Waals surface area (Å²) < 4.78 is 5.60. The van der Waals surface area contributed by atoms with Crippen molar-refractivity contribution in [2.75, 3.05) is 6.54 Å². The summed E-state index contributed by atoms with van der Waals surface area (Å²) in [4.78, 5) is 64.1. The van der Waals surface area contributed by atoms with E-state index < -0.39 is 53.2 Å². The molecule has 198 valence electrons. The van der Waals surface area contributed by atoms with Gasteiger partial charge in [-0.15, -0.1) is 0 Å². The van der Waals surface area contributed by atoms with Crippen LogP contribution in [0.5, 0.6) is 0 Å². The highest BCUT2D eigenvalue weighted by molar-refractivity contribution is 6.05. The number of amides is 5. The third-order valence-corrected chi connectivity index (χ3v) is 5.63. The van der Waals surface area contributed by atoms with Gasteiger partial charge < -0.3 is 10.1 Å². The van der Waals surface area contributed by atoms with E-state index in [2.05, 4.69) is 16.1 Å². The van der Waals surface area contributed by atoms with E-state index in [0.717, 1.165) is 5.01 Å². The number of nitrogens with one attached hydrogen (secondary N) is 3. The molecule has 0 saturated carbocycles. The normalized spacial score (nSPS) is 17.6. The van der Waals surface area contributed by atoms with Crippen LogP contribution >= 0.6 is 0 Å². The van der Waals surface area contributed by atoms with Gasteiger partial charge in [-0.3, -0.25) is 29.9 Å². The van der Waals surface area contributed by atoms with E-state index in [4.69, 9.17) is 4.74 Å². The average Bonchev–Trinajstić information content (AvgIpc) is 3.04. The smallest absolute Gasteiger partial charge is 0.343 e. The zero-order valence-corrected chi connectivity index (χ0v) is 22.1. The second kappa shape index (κ2) is 12.0. The van der Waals surface area contributed by atoms with Gasteiger partial charge in [0.15, 0.2) is 0 Å². The molecule has 36 heavy (non-hydrogen) atoms. The Morgan fingerprint density at radius 2 is 1.64 bits per heavy atom. The van der Waals surface area contributed by atoms with Crippen LogP contribution in [0.4, 0.5) is 4.79 Å². The van der Waals surface area contributed by atoms with Gasteiger partial charge in [0.1, 0.15) is 11.6 Å². The summed E-state index contributed by atoms with van der Waals surface area (Å²) in [6.07, 6.45) is 0.284. The van der Waals surface area contributed by atoms with Crippen LogP contribution in [0.2, 0.25) is 0 Å². The summed E-state index contributed by atoms with van der Waals surface area (Å²) in [5.74, 6) is -4.36. The molecule has 0 radical (unpaired) electrons. The van der Waals surface area contributed by atoms with E-state index in [1.54, 1.807) is 65.0 Å². The molecule has 1 aromatic carbocycles. The van der Waals surface area contributed by atoms with Crippen LogP contribution < -0.4 is 16.1 Å². The molecule has 1 aromatic rings. The lowest BCUT2D eigenvalue weighted by molar-refractivity contribution is -0.164. The van der Waals surface area contributed by atoms with Gasteiger partial charge >= 0.3 is 12.0 Å². The van der Waals surface area contributed by atoms with Crippen molar-refractivity contribution in [1.82, 2.24) is 21.1 Å². The number of rotatable bonds is 10. The SMILES string of the molecule is CC(C)C[C@@H](C(=O)NN1C(=O)NC(=O)[C@@H]1C(C)C)[C@H](CNC(=O)c1ccccc1)C(=O)OC(C)(C)C. The lowest BCUT2D eigenvalue weighted by Crippen LogP contribution is -2.54. The molecule has 3 N–H and O–H groups in total. The van der Waals surface area contributed by atoms with Crippen LogP contribution in [-0.4, -0.2) is 52.9 Å². The number of carbonyl (C=O) groups excluding carboxylic acids is 5. The molecule has 1 fully saturated rings. The number of imide groups is 1. The Morgan fingerprint density at radius 1 is 1.03 bits per heavy atom. The van der Waals surface area contributed by atoms with E-state index >= 15 is 0 Å².